The summed E-state index contributed by atoms with van der Waals surface area (Å²) in [5.41, 5.74) is 8.88. The fraction of sp³-hybridized carbons (Fsp3) is 0.588. The van der Waals surface area contributed by atoms with Crippen LogP contribution in [0.1, 0.15) is 39.3 Å². The van der Waals surface area contributed by atoms with Gasteiger partial charge in [0.15, 0.2) is 5.82 Å². The molecule has 3 heterocycles. The maximum Gasteiger partial charge on any atom is 0.151 e. The Balaban J connectivity index is 2.02. The molecule has 0 radical (unpaired) electrons. The number of hydrogen-bond donors (Lipinski definition) is 1. The molecule has 0 saturated carbocycles. The SMILES string of the molecule is CCC(N)Cc1c(N2CCC(C)(C)C2)nc2ccccn12. The molecule has 21 heavy (non-hydrogen) atoms. The lowest BCUT2D eigenvalue weighted by Crippen LogP contribution is -2.27. The van der Waals surface area contributed by atoms with Crippen LogP contribution in [0.25, 0.3) is 5.65 Å². The van der Waals surface area contributed by atoms with E-state index in [0.717, 1.165) is 37.4 Å². The van der Waals surface area contributed by atoms with E-state index in [1.807, 2.05) is 6.07 Å². The van der Waals surface area contributed by atoms with Crippen LogP contribution in [0.15, 0.2) is 24.4 Å². The van der Waals surface area contributed by atoms with E-state index in [-0.39, 0.29) is 6.04 Å². The number of pyridine rings is 1. The van der Waals surface area contributed by atoms with Crippen molar-refractivity contribution in [1.29, 1.82) is 0 Å². The molecule has 114 valence electrons. The minimum atomic E-state index is 0.194. The molecule has 2 aromatic heterocycles. The standard InChI is InChI=1S/C17H26N4/c1-4-13(18)11-14-16(20-10-8-17(2,3)12-20)19-15-7-5-6-9-21(14)15/h5-7,9,13H,4,8,10-12,18H2,1-3H3. The van der Waals surface area contributed by atoms with E-state index in [1.54, 1.807) is 0 Å². The van der Waals surface area contributed by atoms with Gasteiger partial charge in [0.25, 0.3) is 0 Å². The van der Waals surface area contributed by atoms with Crippen LogP contribution >= 0.6 is 0 Å². The molecule has 0 amide bonds. The van der Waals surface area contributed by atoms with E-state index >= 15 is 0 Å². The molecule has 0 aromatic carbocycles. The van der Waals surface area contributed by atoms with Crippen molar-refractivity contribution in [2.75, 3.05) is 18.0 Å². The summed E-state index contributed by atoms with van der Waals surface area (Å²) >= 11 is 0. The second-order valence-corrected chi connectivity index (χ2v) is 7.02. The Hall–Kier alpha value is -1.55. The van der Waals surface area contributed by atoms with Gasteiger partial charge >= 0.3 is 0 Å². The maximum absolute atomic E-state index is 6.22. The van der Waals surface area contributed by atoms with Gasteiger partial charge in [0.2, 0.25) is 0 Å². The number of hydrogen-bond acceptors (Lipinski definition) is 3. The summed E-state index contributed by atoms with van der Waals surface area (Å²) in [6.07, 6.45) is 5.20. The highest BCUT2D eigenvalue weighted by atomic mass is 15.3. The minimum Gasteiger partial charge on any atom is -0.355 e. The zero-order chi connectivity index (χ0) is 15.0. The molecular formula is C17H26N4. The molecule has 1 unspecified atom stereocenters. The van der Waals surface area contributed by atoms with Gasteiger partial charge in [0, 0.05) is 31.7 Å². The molecule has 4 nitrogen and oxygen atoms in total. The lowest BCUT2D eigenvalue weighted by molar-refractivity contribution is 0.418. The van der Waals surface area contributed by atoms with Crippen LogP contribution in [0.3, 0.4) is 0 Å². The van der Waals surface area contributed by atoms with Gasteiger partial charge in [-0.3, -0.25) is 0 Å². The summed E-state index contributed by atoms with van der Waals surface area (Å²) in [7, 11) is 0. The van der Waals surface area contributed by atoms with Crippen molar-refractivity contribution in [3.63, 3.8) is 0 Å². The first-order chi connectivity index (χ1) is 10.00. The Morgan fingerprint density at radius 2 is 2.19 bits per heavy atom. The fourth-order valence-corrected chi connectivity index (χ4v) is 3.16. The third-order valence-electron chi connectivity index (χ3n) is 4.56. The van der Waals surface area contributed by atoms with Crippen molar-refractivity contribution in [1.82, 2.24) is 9.38 Å². The lowest BCUT2D eigenvalue weighted by atomic mass is 9.93. The van der Waals surface area contributed by atoms with E-state index in [4.69, 9.17) is 10.7 Å². The molecule has 1 aliphatic rings. The number of nitrogens with two attached hydrogens (primary N) is 1. The molecule has 4 heteroatoms. The molecule has 1 atom stereocenters. The molecule has 0 aliphatic carbocycles. The lowest BCUT2D eigenvalue weighted by Gasteiger charge is -2.21. The average molecular weight is 286 g/mol. The van der Waals surface area contributed by atoms with Crippen molar-refractivity contribution in [3.05, 3.63) is 30.1 Å². The first-order valence-corrected chi connectivity index (χ1v) is 7.96. The second-order valence-electron chi connectivity index (χ2n) is 7.02. The highest BCUT2D eigenvalue weighted by Crippen LogP contribution is 2.34. The van der Waals surface area contributed by atoms with Crippen LogP contribution in [0.5, 0.6) is 0 Å². The Bertz CT molecular complexity index is 629. The first-order valence-electron chi connectivity index (χ1n) is 7.96. The third-order valence-corrected chi connectivity index (χ3v) is 4.56. The summed E-state index contributed by atoms with van der Waals surface area (Å²) < 4.78 is 2.20. The average Bonchev–Trinajstić information content (AvgIpc) is 2.99. The topological polar surface area (TPSA) is 46.6 Å². The number of aromatic nitrogens is 2. The van der Waals surface area contributed by atoms with Crippen LogP contribution < -0.4 is 10.6 Å². The molecular weight excluding hydrogens is 260 g/mol. The van der Waals surface area contributed by atoms with E-state index in [0.29, 0.717) is 5.41 Å². The normalized spacial score (nSPS) is 19.3. The smallest absolute Gasteiger partial charge is 0.151 e. The summed E-state index contributed by atoms with van der Waals surface area (Å²) in [4.78, 5) is 7.32. The molecule has 2 N–H and O–H groups in total. The van der Waals surface area contributed by atoms with Gasteiger partial charge in [0.1, 0.15) is 5.65 Å². The van der Waals surface area contributed by atoms with Gasteiger partial charge in [-0.25, -0.2) is 4.98 Å². The minimum absolute atomic E-state index is 0.194. The second kappa shape index (κ2) is 5.34. The maximum atomic E-state index is 6.22. The van der Waals surface area contributed by atoms with E-state index in [1.165, 1.54) is 12.1 Å². The zero-order valence-electron chi connectivity index (χ0n) is 13.3. The number of anilines is 1. The summed E-state index contributed by atoms with van der Waals surface area (Å²) in [6, 6.07) is 6.38. The van der Waals surface area contributed by atoms with Gasteiger partial charge in [-0.15, -0.1) is 0 Å². The van der Waals surface area contributed by atoms with Crippen LogP contribution in [0, 0.1) is 5.41 Å². The van der Waals surface area contributed by atoms with Crippen LogP contribution in [-0.2, 0) is 6.42 Å². The molecule has 3 rings (SSSR count). The Morgan fingerprint density at radius 1 is 1.38 bits per heavy atom. The monoisotopic (exact) mass is 286 g/mol. The molecule has 1 saturated heterocycles. The van der Waals surface area contributed by atoms with Crippen molar-refractivity contribution in [2.24, 2.45) is 11.1 Å². The highest BCUT2D eigenvalue weighted by molar-refractivity contribution is 5.57. The van der Waals surface area contributed by atoms with Crippen LogP contribution in [0.2, 0.25) is 0 Å². The van der Waals surface area contributed by atoms with E-state index < -0.39 is 0 Å². The summed E-state index contributed by atoms with van der Waals surface area (Å²) in [5.74, 6) is 1.13. The number of imidazole rings is 1. The fourth-order valence-electron chi connectivity index (χ4n) is 3.16. The van der Waals surface area contributed by atoms with Crippen LogP contribution in [0.4, 0.5) is 5.82 Å². The summed E-state index contributed by atoms with van der Waals surface area (Å²) in [6.45, 7) is 8.98. The van der Waals surface area contributed by atoms with Gasteiger partial charge < -0.3 is 15.0 Å². The molecule has 2 aromatic rings. The first kappa shape index (κ1) is 14.4. The van der Waals surface area contributed by atoms with Crippen molar-refractivity contribution in [3.8, 4) is 0 Å². The van der Waals surface area contributed by atoms with E-state index in [2.05, 4.69) is 48.4 Å². The highest BCUT2D eigenvalue weighted by Gasteiger charge is 2.32. The van der Waals surface area contributed by atoms with Crippen molar-refractivity contribution < 1.29 is 0 Å². The Labute approximate surface area is 127 Å². The largest absolute Gasteiger partial charge is 0.355 e. The van der Waals surface area contributed by atoms with Gasteiger partial charge in [-0.05, 0) is 30.4 Å². The van der Waals surface area contributed by atoms with Crippen molar-refractivity contribution >= 4 is 11.5 Å². The number of nitrogens with zero attached hydrogens (tertiary/aromatic N) is 3. The zero-order valence-corrected chi connectivity index (χ0v) is 13.3. The molecule has 1 fully saturated rings. The van der Waals surface area contributed by atoms with Gasteiger partial charge in [0.05, 0.1) is 5.69 Å². The Morgan fingerprint density at radius 3 is 2.86 bits per heavy atom. The molecule has 0 spiro atoms. The third kappa shape index (κ3) is 2.77. The summed E-state index contributed by atoms with van der Waals surface area (Å²) in [5, 5.41) is 0. The predicted molar refractivity (Wildman–Crippen MR) is 87.8 cm³/mol. The van der Waals surface area contributed by atoms with E-state index in [9.17, 15) is 0 Å². The van der Waals surface area contributed by atoms with Gasteiger partial charge in [-0.2, -0.15) is 0 Å². The predicted octanol–water partition coefficient (Wildman–Crippen LogP) is 2.85. The quantitative estimate of drug-likeness (QED) is 0.940. The van der Waals surface area contributed by atoms with Crippen LogP contribution in [-0.4, -0.2) is 28.5 Å². The van der Waals surface area contributed by atoms with Crippen molar-refractivity contribution in [2.45, 2.75) is 46.1 Å². The van der Waals surface area contributed by atoms with Gasteiger partial charge in [-0.1, -0.05) is 26.8 Å². The number of rotatable bonds is 4. The molecule has 1 aliphatic heterocycles. The number of fused-ring (bicyclic) bond motifs is 1. The Kier molecular flexibility index (Phi) is 3.66. The molecule has 0 bridgehead atoms.